The fourth-order valence-electron chi connectivity index (χ4n) is 3.95. The molecule has 1 aromatic carbocycles. The zero-order valence-electron chi connectivity index (χ0n) is 18.4. The lowest BCUT2D eigenvalue weighted by molar-refractivity contribution is -0.117. The number of hydrogen-bond acceptors (Lipinski definition) is 7. The van der Waals surface area contributed by atoms with Gasteiger partial charge in [-0.1, -0.05) is 49.0 Å². The number of carboxylic acid groups (broad SMARTS) is 1. The van der Waals surface area contributed by atoms with Crippen LogP contribution in [0.1, 0.15) is 40.8 Å². The van der Waals surface area contributed by atoms with E-state index in [1.165, 1.54) is 0 Å². The summed E-state index contributed by atoms with van der Waals surface area (Å²) >= 11 is 1.01. The molecular formula is C23H23FN6O3S. The van der Waals surface area contributed by atoms with E-state index in [-0.39, 0.29) is 41.5 Å². The van der Waals surface area contributed by atoms with Crippen molar-refractivity contribution in [1.82, 2.24) is 10.3 Å². The maximum Gasteiger partial charge on any atom is 0.404 e. The van der Waals surface area contributed by atoms with Gasteiger partial charge in [-0.05, 0) is 24.0 Å². The quantitative estimate of drug-likeness (QED) is 0.509. The molecular weight excluding hydrogens is 459 g/mol. The number of aromatic nitrogens is 1. The molecule has 0 saturated carbocycles. The molecule has 0 aliphatic carbocycles. The average molecular weight is 483 g/mol. The SMILES string of the molecule is CCc1c(C#N)c(SC(C(N)=O)c2ccccc2)nc(N2CC[C@H](NC(=O)O)[C@H](F)C2)c1C#N. The summed E-state index contributed by atoms with van der Waals surface area (Å²) in [6.07, 6.45) is -2.30. The van der Waals surface area contributed by atoms with Gasteiger partial charge in [-0.25, -0.2) is 14.2 Å². The summed E-state index contributed by atoms with van der Waals surface area (Å²) in [5.74, 6) is -0.413. The molecule has 1 saturated heterocycles. The second kappa shape index (κ2) is 10.9. The lowest BCUT2D eigenvalue weighted by Gasteiger charge is -2.36. The number of nitrogens with one attached hydrogen (secondary N) is 1. The normalized spacial score (nSPS) is 18.4. The largest absolute Gasteiger partial charge is 0.465 e. The highest BCUT2D eigenvalue weighted by atomic mass is 32.2. The summed E-state index contributed by atoms with van der Waals surface area (Å²) in [5, 5.41) is 30.2. The Kier molecular flexibility index (Phi) is 7.92. The molecule has 1 fully saturated rings. The van der Waals surface area contributed by atoms with Crippen molar-refractivity contribution in [2.24, 2.45) is 5.73 Å². The minimum atomic E-state index is -1.52. The van der Waals surface area contributed by atoms with E-state index in [0.717, 1.165) is 11.8 Å². The molecule has 0 radical (unpaired) electrons. The topological polar surface area (TPSA) is 156 Å². The number of pyridine rings is 1. The van der Waals surface area contributed by atoms with Crippen LogP contribution in [0.5, 0.6) is 0 Å². The first-order chi connectivity index (χ1) is 16.3. The minimum absolute atomic E-state index is 0.163. The van der Waals surface area contributed by atoms with Gasteiger partial charge in [0.25, 0.3) is 0 Å². The molecule has 34 heavy (non-hydrogen) atoms. The van der Waals surface area contributed by atoms with Crippen LogP contribution in [0.4, 0.5) is 15.0 Å². The second-order valence-corrected chi connectivity index (χ2v) is 8.76. The Balaban J connectivity index is 2.06. The Hall–Kier alpha value is -3.83. The second-order valence-electron chi connectivity index (χ2n) is 7.66. The highest BCUT2D eigenvalue weighted by Gasteiger charge is 2.34. The van der Waals surface area contributed by atoms with Gasteiger partial charge >= 0.3 is 6.09 Å². The number of piperidine rings is 1. The van der Waals surface area contributed by atoms with Crippen molar-refractivity contribution in [2.45, 2.75) is 42.3 Å². The van der Waals surface area contributed by atoms with E-state index >= 15 is 0 Å². The number of alkyl halides is 1. The first-order valence-electron chi connectivity index (χ1n) is 10.6. The van der Waals surface area contributed by atoms with Crippen LogP contribution in [0, 0.1) is 22.7 Å². The highest BCUT2D eigenvalue weighted by Crippen LogP contribution is 2.40. The van der Waals surface area contributed by atoms with Gasteiger partial charge in [-0.2, -0.15) is 10.5 Å². The third-order valence-corrected chi connectivity index (χ3v) is 6.82. The van der Waals surface area contributed by atoms with Gasteiger partial charge in [0.05, 0.1) is 23.7 Å². The van der Waals surface area contributed by atoms with Crippen molar-refractivity contribution < 1.29 is 19.1 Å². The van der Waals surface area contributed by atoms with E-state index in [9.17, 15) is 24.5 Å². The Morgan fingerprint density at radius 2 is 2.00 bits per heavy atom. The first kappa shape index (κ1) is 24.8. The number of primary amides is 1. The number of rotatable bonds is 7. The van der Waals surface area contributed by atoms with Crippen LogP contribution < -0.4 is 16.0 Å². The standard InChI is InChI=1S/C23H23FN6O3S/c1-2-14-15(10-25)21(30-9-8-18(17(24)12-30)28-23(32)33)29-22(16(14)11-26)34-19(20(27)31)13-6-4-3-5-7-13/h3-7,17-19,28H,2,8-9,12H2,1H3,(H2,27,31)(H,32,33)/t17-,18+,19?/m1/s1. The monoisotopic (exact) mass is 482 g/mol. The van der Waals surface area contributed by atoms with Crippen LogP contribution in [0.2, 0.25) is 0 Å². The summed E-state index contributed by atoms with van der Waals surface area (Å²) in [6.45, 7) is 1.87. The number of nitriles is 2. The van der Waals surface area contributed by atoms with Crippen LogP contribution in [0.25, 0.3) is 0 Å². The fraction of sp³-hybridized carbons (Fsp3) is 0.348. The smallest absolute Gasteiger partial charge is 0.404 e. The summed E-state index contributed by atoms with van der Waals surface area (Å²) in [5.41, 5.74) is 7.08. The van der Waals surface area contributed by atoms with Gasteiger partial charge in [-0.3, -0.25) is 4.79 Å². The molecule has 0 spiro atoms. The van der Waals surface area contributed by atoms with Gasteiger partial charge in [0.1, 0.15) is 34.4 Å². The molecule has 2 aromatic rings. The molecule has 11 heteroatoms. The molecule has 2 amide bonds. The van der Waals surface area contributed by atoms with Crippen molar-refractivity contribution in [2.75, 3.05) is 18.0 Å². The highest BCUT2D eigenvalue weighted by molar-refractivity contribution is 8.00. The summed E-state index contributed by atoms with van der Waals surface area (Å²) in [7, 11) is 0. The van der Waals surface area contributed by atoms with Gasteiger partial charge in [-0.15, -0.1) is 0 Å². The van der Waals surface area contributed by atoms with Gasteiger partial charge in [0, 0.05) is 6.54 Å². The fourth-order valence-corrected chi connectivity index (χ4v) is 5.00. The van der Waals surface area contributed by atoms with Crippen molar-refractivity contribution in [3.63, 3.8) is 0 Å². The van der Waals surface area contributed by atoms with E-state index in [2.05, 4.69) is 22.4 Å². The molecule has 3 atom stereocenters. The third-order valence-electron chi connectivity index (χ3n) is 5.57. The lowest BCUT2D eigenvalue weighted by atomic mass is 9.99. The zero-order chi connectivity index (χ0) is 24.8. The number of benzene rings is 1. The molecule has 2 heterocycles. The Morgan fingerprint density at radius 3 is 2.53 bits per heavy atom. The molecule has 3 rings (SSSR count). The Labute approximate surface area is 200 Å². The number of amides is 2. The van der Waals surface area contributed by atoms with Crippen LogP contribution in [-0.4, -0.2) is 47.4 Å². The summed E-state index contributed by atoms with van der Waals surface area (Å²) < 4.78 is 14.7. The van der Waals surface area contributed by atoms with Gasteiger partial charge in [0.2, 0.25) is 5.91 Å². The number of anilines is 1. The van der Waals surface area contributed by atoms with Crippen molar-refractivity contribution in [3.05, 3.63) is 52.6 Å². The number of nitrogens with zero attached hydrogens (tertiary/aromatic N) is 4. The predicted molar refractivity (Wildman–Crippen MR) is 124 cm³/mol. The van der Waals surface area contributed by atoms with Crippen LogP contribution >= 0.6 is 11.8 Å². The molecule has 0 bridgehead atoms. The van der Waals surface area contributed by atoms with Crippen LogP contribution in [0.3, 0.4) is 0 Å². The van der Waals surface area contributed by atoms with Gasteiger partial charge in [0.15, 0.2) is 0 Å². The van der Waals surface area contributed by atoms with E-state index < -0.39 is 29.5 Å². The van der Waals surface area contributed by atoms with Crippen molar-refractivity contribution in [3.8, 4) is 12.1 Å². The maximum atomic E-state index is 14.7. The molecule has 176 valence electrons. The molecule has 1 unspecified atom stereocenters. The summed E-state index contributed by atoms with van der Waals surface area (Å²) in [6, 6.07) is 12.1. The number of nitrogens with two attached hydrogens (primary N) is 1. The van der Waals surface area contributed by atoms with Gasteiger partial charge < -0.3 is 21.1 Å². The van der Waals surface area contributed by atoms with Crippen LogP contribution in [-0.2, 0) is 11.2 Å². The van der Waals surface area contributed by atoms with E-state index in [0.29, 0.717) is 17.5 Å². The lowest BCUT2D eigenvalue weighted by Crippen LogP contribution is -2.52. The molecule has 9 nitrogen and oxygen atoms in total. The maximum absolute atomic E-state index is 14.7. The molecule has 1 aromatic heterocycles. The van der Waals surface area contributed by atoms with Crippen molar-refractivity contribution >= 4 is 29.6 Å². The Morgan fingerprint density at radius 1 is 1.32 bits per heavy atom. The Bertz CT molecular complexity index is 1160. The van der Waals surface area contributed by atoms with Crippen LogP contribution in [0.15, 0.2) is 35.4 Å². The van der Waals surface area contributed by atoms with Crippen molar-refractivity contribution in [1.29, 1.82) is 10.5 Å². The number of carbonyl (C=O) groups excluding carboxylic acids is 1. The average Bonchev–Trinajstić information content (AvgIpc) is 2.82. The zero-order valence-corrected chi connectivity index (χ0v) is 19.2. The minimum Gasteiger partial charge on any atom is -0.465 e. The molecule has 1 aliphatic rings. The number of halogens is 1. The van der Waals surface area contributed by atoms with E-state index in [1.807, 2.05) is 0 Å². The third kappa shape index (κ3) is 5.21. The van der Waals surface area contributed by atoms with E-state index in [4.69, 9.17) is 10.8 Å². The first-order valence-corrected chi connectivity index (χ1v) is 11.4. The number of thioether (sulfide) groups is 1. The molecule has 4 N–H and O–H groups in total. The predicted octanol–water partition coefficient (Wildman–Crippen LogP) is 2.89. The van der Waals surface area contributed by atoms with E-state index in [1.54, 1.807) is 42.2 Å². The number of carbonyl (C=O) groups is 2. The molecule has 1 aliphatic heterocycles. The summed E-state index contributed by atoms with van der Waals surface area (Å²) in [4.78, 5) is 29.3. The number of hydrogen-bond donors (Lipinski definition) is 3.